The van der Waals surface area contributed by atoms with Gasteiger partial charge in [0.15, 0.2) is 6.17 Å². The van der Waals surface area contributed by atoms with E-state index in [9.17, 15) is 28.4 Å². The molecule has 5 fully saturated rings. The van der Waals surface area contributed by atoms with E-state index in [4.69, 9.17) is 24.7 Å². The summed E-state index contributed by atoms with van der Waals surface area (Å²) in [4.78, 5) is 69.2. The summed E-state index contributed by atoms with van der Waals surface area (Å²) in [6, 6.07) is 9.68. The molecular formula is C50H57FN6O9. The van der Waals surface area contributed by atoms with Crippen LogP contribution < -0.4 is 25.8 Å². The first-order valence-electron chi connectivity index (χ1n) is 23.1. The molecule has 4 aliphatic heterocycles. The van der Waals surface area contributed by atoms with E-state index >= 15 is 0 Å². The summed E-state index contributed by atoms with van der Waals surface area (Å²) in [5.41, 5.74) is 8.23. The highest BCUT2D eigenvalue weighted by Crippen LogP contribution is 2.35. The highest BCUT2D eigenvalue weighted by molar-refractivity contribution is 6.03. The van der Waals surface area contributed by atoms with Crippen molar-refractivity contribution < 1.29 is 47.3 Å². The van der Waals surface area contributed by atoms with Gasteiger partial charge in [-0.25, -0.2) is 14.2 Å². The molecule has 3 aromatic rings. The molecule has 348 valence electrons. The number of rotatable bonds is 13. The third-order valence-corrected chi connectivity index (χ3v) is 13.6. The number of amides is 5. The summed E-state index contributed by atoms with van der Waals surface area (Å²) in [5, 5.41) is 6.20. The number of pyridine rings is 1. The van der Waals surface area contributed by atoms with Crippen molar-refractivity contribution in [3.8, 4) is 35.3 Å². The molecule has 5 amide bonds. The standard InChI is InChI=1S/C50H57FN6O9/c1-3-36-40(54-48(61)45(36)51)29-65-49-38-25-42(63-2)39(46(52)59)24-37(38)34(26-53-49)16-13-31-7-9-32(10-8-31)27-56-21-19-35(20-22-56)64-23-5-4-6-30-11-14-33(15-12-30)43-28-57(50(62)66-43)41-17-18-44(58)55-47(41)60/h11-12,14-15,24-26,31-32,35-36,40-41,43,45H,3,5,7-10,17-23,27-29H2,1-2H3,(H2,52,59)(H,54,61)(H,55,58,60)/t31?,32?,36-,40+,41?,43+,45-/m0/s1. The Bertz CT molecular complexity index is 2440. The Morgan fingerprint density at radius 2 is 1.76 bits per heavy atom. The number of nitrogens with two attached hydrogens (primary N) is 1. The number of carbonyl (C=O) groups excluding carboxylic acids is 5. The van der Waals surface area contributed by atoms with Crippen LogP contribution in [0.5, 0.6) is 11.6 Å². The van der Waals surface area contributed by atoms with Gasteiger partial charge in [0.2, 0.25) is 17.7 Å². The zero-order chi connectivity index (χ0) is 46.3. The number of nitrogens with one attached hydrogen (secondary N) is 2. The summed E-state index contributed by atoms with van der Waals surface area (Å²) in [6.45, 7) is 5.77. The first-order chi connectivity index (χ1) is 32.0. The number of hydrogen-bond acceptors (Lipinski definition) is 11. The molecule has 15 nitrogen and oxygen atoms in total. The van der Waals surface area contributed by atoms with Gasteiger partial charge in [0.1, 0.15) is 24.5 Å². The second kappa shape index (κ2) is 20.9. The third kappa shape index (κ3) is 10.7. The molecule has 66 heavy (non-hydrogen) atoms. The van der Waals surface area contributed by atoms with Crippen molar-refractivity contribution in [3.05, 3.63) is 64.8 Å². The van der Waals surface area contributed by atoms with Crippen LogP contribution in [0.2, 0.25) is 0 Å². The molecule has 1 aliphatic carbocycles. The molecule has 4 N–H and O–H groups in total. The van der Waals surface area contributed by atoms with E-state index in [-0.39, 0.29) is 54.7 Å². The number of primary amides is 1. The minimum Gasteiger partial charge on any atom is -0.496 e. The van der Waals surface area contributed by atoms with E-state index in [2.05, 4.69) is 44.2 Å². The summed E-state index contributed by atoms with van der Waals surface area (Å²) >= 11 is 0. The first kappa shape index (κ1) is 46.3. The van der Waals surface area contributed by atoms with Crippen molar-refractivity contribution in [2.45, 2.75) is 102 Å². The zero-order valence-corrected chi connectivity index (χ0v) is 37.4. The van der Waals surface area contributed by atoms with E-state index < -0.39 is 54.1 Å². The van der Waals surface area contributed by atoms with Crippen LogP contribution in [0.15, 0.2) is 42.6 Å². The number of ether oxygens (including phenoxy) is 4. The quantitative estimate of drug-likeness (QED) is 0.119. The van der Waals surface area contributed by atoms with Crippen LogP contribution >= 0.6 is 0 Å². The second-order valence-electron chi connectivity index (χ2n) is 17.9. The van der Waals surface area contributed by atoms with Gasteiger partial charge in [-0.05, 0) is 87.1 Å². The Kier molecular flexibility index (Phi) is 14.7. The number of hydrogen-bond donors (Lipinski definition) is 3. The monoisotopic (exact) mass is 904 g/mol. The van der Waals surface area contributed by atoms with Gasteiger partial charge in [0.05, 0.1) is 43.5 Å². The first-order valence-corrected chi connectivity index (χ1v) is 23.1. The minimum absolute atomic E-state index is 0.0335. The van der Waals surface area contributed by atoms with Crippen LogP contribution in [0.4, 0.5) is 9.18 Å². The maximum Gasteiger partial charge on any atom is 0.411 e. The van der Waals surface area contributed by atoms with Crippen LogP contribution in [0.1, 0.15) is 104 Å². The minimum atomic E-state index is -1.58. The van der Waals surface area contributed by atoms with Crippen molar-refractivity contribution in [1.82, 2.24) is 25.4 Å². The molecule has 0 radical (unpaired) electrons. The number of imide groups is 1. The van der Waals surface area contributed by atoms with Crippen molar-refractivity contribution in [1.29, 1.82) is 0 Å². The molecule has 0 bridgehead atoms. The summed E-state index contributed by atoms with van der Waals surface area (Å²) in [6.07, 6.45) is 6.97. The molecule has 4 saturated heterocycles. The van der Waals surface area contributed by atoms with E-state index in [1.165, 1.54) is 12.0 Å². The molecule has 8 rings (SSSR count). The highest BCUT2D eigenvalue weighted by atomic mass is 19.1. The smallest absolute Gasteiger partial charge is 0.411 e. The lowest BCUT2D eigenvalue weighted by molar-refractivity contribution is -0.136. The Morgan fingerprint density at radius 3 is 2.47 bits per heavy atom. The second-order valence-corrected chi connectivity index (χ2v) is 17.9. The van der Waals surface area contributed by atoms with Gasteiger partial charge in [-0.15, -0.1) is 0 Å². The van der Waals surface area contributed by atoms with E-state index in [1.54, 1.807) is 18.3 Å². The molecule has 1 unspecified atom stereocenters. The Labute approximate surface area is 384 Å². The summed E-state index contributed by atoms with van der Waals surface area (Å²) < 4.78 is 37.8. The normalized spacial score (nSPS) is 25.9. The Morgan fingerprint density at radius 1 is 0.985 bits per heavy atom. The molecule has 5 heterocycles. The molecule has 5 aliphatic rings. The fourth-order valence-electron chi connectivity index (χ4n) is 9.81. The van der Waals surface area contributed by atoms with Crippen molar-refractivity contribution in [3.63, 3.8) is 0 Å². The Balaban J connectivity index is 0.761. The van der Waals surface area contributed by atoms with Crippen LogP contribution in [0.25, 0.3) is 10.8 Å². The fourth-order valence-corrected chi connectivity index (χ4v) is 9.81. The largest absolute Gasteiger partial charge is 0.496 e. The van der Waals surface area contributed by atoms with Crippen LogP contribution in [-0.4, -0.2) is 115 Å². The number of piperidine rings is 2. The number of benzene rings is 2. The van der Waals surface area contributed by atoms with Gasteiger partial charge in [0.25, 0.3) is 11.8 Å². The SMILES string of the molecule is CC[C@@H]1[C@H](F)C(=O)N[C@@H]1COc1ncc(C#CC2CCC(CN3CCC(OCCC#Cc4ccc([C@H]5CN(C6CCC(=O)NC6=O)C(=O)O5)cc4)CC3)CC2)c2cc(C(N)=O)c(OC)cc12. The van der Waals surface area contributed by atoms with Crippen LogP contribution in [-0.2, 0) is 23.9 Å². The van der Waals surface area contributed by atoms with E-state index in [0.717, 1.165) is 69.3 Å². The van der Waals surface area contributed by atoms with Crippen LogP contribution in [0, 0.1) is 41.4 Å². The van der Waals surface area contributed by atoms with Crippen molar-refractivity contribution >= 4 is 40.5 Å². The Hall–Kier alpha value is -6.23. The average molecular weight is 905 g/mol. The van der Waals surface area contributed by atoms with Gasteiger partial charge >= 0.3 is 6.09 Å². The lowest BCUT2D eigenvalue weighted by Gasteiger charge is -2.36. The fraction of sp³-hybridized carbons (Fsp3) is 0.520. The number of carbonyl (C=O) groups is 5. The molecular weight excluding hydrogens is 848 g/mol. The lowest BCUT2D eigenvalue weighted by Crippen LogP contribution is -2.52. The van der Waals surface area contributed by atoms with Gasteiger partial charge in [-0.2, -0.15) is 0 Å². The summed E-state index contributed by atoms with van der Waals surface area (Å²) in [5.74, 6) is 12.0. The lowest BCUT2D eigenvalue weighted by atomic mass is 9.81. The van der Waals surface area contributed by atoms with Gasteiger partial charge in [-0.3, -0.25) is 29.4 Å². The van der Waals surface area contributed by atoms with Crippen LogP contribution in [0.3, 0.4) is 0 Å². The van der Waals surface area contributed by atoms with Crippen molar-refractivity contribution in [2.75, 3.05) is 46.5 Å². The number of halogens is 1. The average Bonchev–Trinajstić information content (AvgIpc) is 3.84. The molecule has 16 heteroatoms. The summed E-state index contributed by atoms with van der Waals surface area (Å²) in [7, 11) is 1.45. The molecule has 0 spiro atoms. The number of aromatic nitrogens is 1. The number of cyclic esters (lactones) is 1. The predicted molar refractivity (Wildman–Crippen MR) is 241 cm³/mol. The maximum atomic E-state index is 14.4. The highest BCUT2D eigenvalue weighted by Gasteiger charge is 2.43. The van der Waals surface area contributed by atoms with E-state index in [0.29, 0.717) is 48.1 Å². The van der Waals surface area contributed by atoms with Gasteiger partial charge in [-0.1, -0.05) is 42.7 Å². The molecule has 2 aromatic carbocycles. The zero-order valence-electron chi connectivity index (χ0n) is 37.4. The molecule has 1 aromatic heterocycles. The number of nitrogens with zero attached hydrogens (tertiary/aromatic N) is 3. The van der Waals surface area contributed by atoms with Gasteiger partial charge < -0.3 is 34.9 Å². The van der Waals surface area contributed by atoms with Gasteiger partial charge in [0, 0.05) is 66.8 Å². The maximum absolute atomic E-state index is 14.4. The predicted octanol–water partition coefficient (Wildman–Crippen LogP) is 4.96. The van der Waals surface area contributed by atoms with Crippen molar-refractivity contribution in [2.24, 2.45) is 23.5 Å². The third-order valence-electron chi connectivity index (χ3n) is 13.6. The number of methoxy groups -OCH3 is 1. The molecule has 5 atom stereocenters. The number of alkyl halides is 1. The van der Waals surface area contributed by atoms with E-state index in [1.807, 2.05) is 31.2 Å². The topological polar surface area (TPSA) is 192 Å². The number of likely N-dealkylation sites (tertiary alicyclic amines) is 1. The molecule has 1 saturated carbocycles. The number of fused-ring (bicyclic) bond motifs is 1.